The Hall–Kier alpha value is -2.69. The van der Waals surface area contributed by atoms with Gasteiger partial charge in [0.2, 0.25) is 5.95 Å². The van der Waals surface area contributed by atoms with Crippen LogP contribution in [0.5, 0.6) is 5.75 Å². The number of methoxy groups -OCH3 is 1. The highest BCUT2D eigenvalue weighted by molar-refractivity contribution is 6.31. The van der Waals surface area contributed by atoms with Gasteiger partial charge < -0.3 is 14.6 Å². The van der Waals surface area contributed by atoms with Crippen molar-refractivity contribution in [3.63, 3.8) is 0 Å². The van der Waals surface area contributed by atoms with Crippen LogP contribution in [0.4, 0.5) is 11.6 Å². The average molecular weight is 426 g/mol. The molecule has 0 atom stereocenters. The Morgan fingerprint density at radius 3 is 2.41 bits per heavy atom. The number of hydrogen-bond acceptors (Lipinski definition) is 3. The summed E-state index contributed by atoms with van der Waals surface area (Å²) in [5, 5.41) is 4.79. The second-order valence-electron chi connectivity index (χ2n) is 7.05. The predicted molar refractivity (Wildman–Crippen MR) is 122 cm³/mol. The third-order valence-corrected chi connectivity index (χ3v) is 5.55. The lowest BCUT2D eigenvalue weighted by molar-refractivity contribution is 0.416. The number of aromatic nitrogens is 2. The Morgan fingerprint density at radius 1 is 0.931 bits per heavy atom. The van der Waals surface area contributed by atoms with E-state index in [4.69, 9.17) is 32.9 Å². The van der Waals surface area contributed by atoms with Gasteiger partial charge in [-0.2, -0.15) is 0 Å². The van der Waals surface area contributed by atoms with Crippen LogP contribution < -0.4 is 10.1 Å². The normalized spacial score (nSPS) is 11.1. The minimum Gasteiger partial charge on any atom is -0.495 e. The number of anilines is 2. The number of fused-ring (bicyclic) bond motifs is 1. The van der Waals surface area contributed by atoms with E-state index in [-0.39, 0.29) is 0 Å². The van der Waals surface area contributed by atoms with Crippen molar-refractivity contribution in [1.82, 2.24) is 9.55 Å². The number of nitrogens with zero attached hydrogens (tertiary/aromatic N) is 2. The molecule has 0 aliphatic heterocycles. The highest BCUT2D eigenvalue weighted by Gasteiger charge is 2.16. The Kier molecular flexibility index (Phi) is 5.15. The molecular formula is C23H21Cl2N3O. The molecule has 0 fully saturated rings. The van der Waals surface area contributed by atoms with Crippen molar-refractivity contribution in [1.29, 1.82) is 0 Å². The van der Waals surface area contributed by atoms with E-state index in [1.165, 1.54) is 0 Å². The van der Waals surface area contributed by atoms with E-state index in [9.17, 15) is 0 Å². The molecule has 4 rings (SSSR count). The lowest BCUT2D eigenvalue weighted by atomic mass is 9.99. The molecule has 1 N–H and O–H groups in total. The first-order valence-corrected chi connectivity index (χ1v) is 9.97. The molecule has 148 valence electrons. The van der Waals surface area contributed by atoms with Crippen molar-refractivity contribution < 1.29 is 4.74 Å². The van der Waals surface area contributed by atoms with E-state index in [0.29, 0.717) is 10.8 Å². The molecular weight excluding hydrogens is 405 g/mol. The number of ether oxygens (including phenoxy) is 1. The van der Waals surface area contributed by atoms with Gasteiger partial charge in [0.1, 0.15) is 5.75 Å². The maximum absolute atomic E-state index is 6.18. The lowest BCUT2D eigenvalue weighted by Crippen LogP contribution is -2.03. The van der Waals surface area contributed by atoms with Gasteiger partial charge in [0, 0.05) is 28.7 Å². The van der Waals surface area contributed by atoms with E-state index in [1.54, 1.807) is 13.2 Å². The number of nitrogens with one attached hydrogen (secondary N) is 1. The molecule has 6 heteroatoms. The number of aryl methyl sites for hydroxylation is 3. The van der Waals surface area contributed by atoms with Gasteiger partial charge in [-0.15, -0.1) is 0 Å². The largest absolute Gasteiger partial charge is 0.495 e. The molecule has 1 heterocycles. The number of hydrogen-bond donors (Lipinski definition) is 1. The number of para-hydroxylation sites is 1. The first kappa shape index (κ1) is 19.6. The van der Waals surface area contributed by atoms with Crippen LogP contribution in [0.1, 0.15) is 11.1 Å². The predicted octanol–water partition coefficient (Wildman–Crippen LogP) is 6.92. The Morgan fingerprint density at radius 2 is 1.69 bits per heavy atom. The van der Waals surface area contributed by atoms with Gasteiger partial charge in [0.15, 0.2) is 0 Å². The van der Waals surface area contributed by atoms with E-state index < -0.39 is 0 Å². The molecule has 0 spiro atoms. The topological polar surface area (TPSA) is 39.1 Å². The van der Waals surface area contributed by atoms with E-state index in [0.717, 1.165) is 49.9 Å². The summed E-state index contributed by atoms with van der Waals surface area (Å²) >= 11 is 12.3. The quantitative estimate of drug-likeness (QED) is 0.385. The molecule has 4 aromatic rings. The van der Waals surface area contributed by atoms with Gasteiger partial charge in [-0.1, -0.05) is 41.4 Å². The smallest absolute Gasteiger partial charge is 0.208 e. The standard InChI is InChI=1S/C23H21Cl2N3O/c1-13-10-15(24)8-9-17(13)18-6-5-7-19-22(18)28(3)23(26-19)27-21-14(2)11-16(25)12-20(21)29-4/h5-12H,1-4H3,(H,26,27). The Bertz CT molecular complexity index is 1230. The van der Waals surface area contributed by atoms with Crippen molar-refractivity contribution in [2.45, 2.75) is 13.8 Å². The summed E-state index contributed by atoms with van der Waals surface area (Å²) in [6.45, 7) is 4.05. The lowest BCUT2D eigenvalue weighted by Gasteiger charge is -2.14. The third-order valence-electron chi connectivity index (χ3n) is 5.09. The van der Waals surface area contributed by atoms with E-state index >= 15 is 0 Å². The monoisotopic (exact) mass is 425 g/mol. The van der Waals surface area contributed by atoms with E-state index in [2.05, 4.69) is 28.9 Å². The minimum atomic E-state index is 0.635. The average Bonchev–Trinajstić information content (AvgIpc) is 2.99. The highest BCUT2D eigenvalue weighted by atomic mass is 35.5. The molecule has 0 aliphatic rings. The molecule has 3 aromatic carbocycles. The summed E-state index contributed by atoms with van der Waals surface area (Å²) in [5.74, 6) is 1.40. The molecule has 0 unspecified atom stereocenters. The van der Waals surface area contributed by atoms with Gasteiger partial charge in [-0.25, -0.2) is 4.98 Å². The SMILES string of the molecule is COc1cc(Cl)cc(C)c1Nc1nc2cccc(-c3ccc(Cl)cc3C)c2n1C. The number of halogens is 2. The van der Waals surface area contributed by atoms with Crippen LogP contribution in [0.2, 0.25) is 10.0 Å². The van der Waals surface area contributed by atoms with Crippen LogP contribution in [-0.4, -0.2) is 16.7 Å². The van der Waals surface area contributed by atoms with Gasteiger partial charge in [-0.3, -0.25) is 0 Å². The van der Waals surface area contributed by atoms with Gasteiger partial charge >= 0.3 is 0 Å². The zero-order valence-corrected chi connectivity index (χ0v) is 18.2. The third kappa shape index (κ3) is 3.54. The zero-order chi connectivity index (χ0) is 20.7. The van der Waals surface area contributed by atoms with Crippen LogP contribution in [0, 0.1) is 13.8 Å². The molecule has 0 aliphatic carbocycles. The summed E-state index contributed by atoms with van der Waals surface area (Å²) in [5.41, 5.74) is 7.15. The van der Waals surface area contributed by atoms with Gasteiger partial charge in [0.25, 0.3) is 0 Å². The van der Waals surface area contributed by atoms with Crippen LogP contribution >= 0.6 is 23.2 Å². The first-order chi connectivity index (χ1) is 13.9. The first-order valence-electron chi connectivity index (χ1n) is 9.22. The van der Waals surface area contributed by atoms with Crippen molar-refractivity contribution >= 4 is 45.9 Å². The van der Waals surface area contributed by atoms with Crippen LogP contribution in [0.15, 0.2) is 48.5 Å². The summed E-state index contributed by atoms with van der Waals surface area (Å²) < 4.78 is 7.58. The Balaban J connectivity index is 1.86. The van der Waals surface area contributed by atoms with Crippen LogP contribution in [0.25, 0.3) is 22.2 Å². The summed E-state index contributed by atoms with van der Waals surface area (Å²) in [6, 6.07) is 15.8. The fourth-order valence-electron chi connectivity index (χ4n) is 3.67. The number of rotatable bonds is 4. The number of imidazole rings is 1. The van der Waals surface area contributed by atoms with Gasteiger partial charge in [0.05, 0.1) is 23.8 Å². The second-order valence-corrected chi connectivity index (χ2v) is 7.92. The maximum Gasteiger partial charge on any atom is 0.208 e. The van der Waals surface area contributed by atoms with Crippen molar-refractivity contribution in [2.24, 2.45) is 7.05 Å². The van der Waals surface area contributed by atoms with Crippen molar-refractivity contribution in [2.75, 3.05) is 12.4 Å². The van der Waals surface area contributed by atoms with Gasteiger partial charge in [-0.05, 0) is 54.8 Å². The fraction of sp³-hybridized carbons (Fsp3) is 0.174. The fourth-order valence-corrected chi connectivity index (χ4v) is 4.16. The summed E-state index contributed by atoms with van der Waals surface area (Å²) in [6.07, 6.45) is 0. The van der Waals surface area contributed by atoms with E-state index in [1.807, 2.05) is 44.3 Å². The molecule has 0 saturated carbocycles. The molecule has 0 amide bonds. The summed E-state index contributed by atoms with van der Waals surface area (Å²) in [4.78, 5) is 4.82. The maximum atomic E-state index is 6.18. The number of benzene rings is 3. The molecule has 0 saturated heterocycles. The molecule has 29 heavy (non-hydrogen) atoms. The zero-order valence-electron chi connectivity index (χ0n) is 16.7. The molecule has 4 nitrogen and oxygen atoms in total. The molecule has 0 radical (unpaired) electrons. The highest BCUT2D eigenvalue weighted by Crippen LogP contribution is 2.37. The molecule has 1 aromatic heterocycles. The van der Waals surface area contributed by atoms with Crippen molar-refractivity contribution in [3.05, 3.63) is 69.7 Å². The van der Waals surface area contributed by atoms with Crippen LogP contribution in [0.3, 0.4) is 0 Å². The second kappa shape index (κ2) is 7.62. The summed E-state index contributed by atoms with van der Waals surface area (Å²) in [7, 11) is 3.64. The van der Waals surface area contributed by atoms with Crippen LogP contribution in [-0.2, 0) is 7.05 Å². The Labute approximate surface area is 180 Å². The molecule has 0 bridgehead atoms. The van der Waals surface area contributed by atoms with Crippen molar-refractivity contribution in [3.8, 4) is 16.9 Å². The minimum absolute atomic E-state index is 0.635.